The highest BCUT2D eigenvalue weighted by atomic mass is 31.2. The van der Waals surface area contributed by atoms with Crippen molar-refractivity contribution in [2.75, 3.05) is 26.4 Å². The van der Waals surface area contributed by atoms with Crippen LogP contribution in [0.1, 0.15) is 155 Å². The molecule has 0 heterocycles. The molecule has 11 heteroatoms. The third-order valence-electron chi connectivity index (χ3n) is 7.61. The fourth-order valence-corrected chi connectivity index (χ4v) is 5.52. The summed E-state index contributed by atoms with van der Waals surface area (Å²) in [5.41, 5.74) is 0. The Labute approximate surface area is 285 Å². The lowest BCUT2D eigenvalue weighted by Gasteiger charge is -2.20. The maximum absolute atomic E-state index is 12.5. The summed E-state index contributed by atoms with van der Waals surface area (Å²) < 4.78 is 32.5. The van der Waals surface area contributed by atoms with Gasteiger partial charge in [0.2, 0.25) is 0 Å². The Hall–Kier alpha value is -1.55. The summed E-state index contributed by atoms with van der Waals surface area (Å²) in [6, 6.07) is 0. The highest BCUT2D eigenvalue weighted by Gasteiger charge is 2.27. The Morgan fingerprint density at radius 1 is 0.638 bits per heavy atom. The van der Waals surface area contributed by atoms with Gasteiger partial charge in [-0.2, -0.15) is 0 Å². The van der Waals surface area contributed by atoms with E-state index in [1.807, 2.05) is 0 Å². The third kappa shape index (κ3) is 32.8. The van der Waals surface area contributed by atoms with Gasteiger partial charge in [-0.05, 0) is 44.9 Å². The number of hydrogen-bond donors (Lipinski definition) is 3. The first-order chi connectivity index (χ1) is 22.7. The van der Waals surface area contributed by atoms with Gasteiger partial charge < -0.3 is 24.6 Å². The van der Waals surface area contributed by atoms with Crippen molar-refractivity contribution in [3.05, 3.63) is 24.3 Å². The molecule has 0 radical (unpaired) electrons. The van der Waals surface area contributed by atoms with E-state index >= 15 is 0 Å². The molecule has 276 valence electrons. The Morgan fingerprint density at radius 2 is 1.11 bits per heavy atom. The number of carbonyl (C=O) groups is 2. The number of carbonyl (C=O) groups excluding carboxylic acids is 2. The van der Waals surface area contributed by atoms with Gasteiger partial charge in [-0.15, -0.1) is 0 Å². The topological polar surface area (TPSA) is 149 Å². The molecule has 0 aromatic carbocycles. The van der Waals surface area contributed by atoms with Gasteiger partial charge in [-0.1, -0.05) is 122 Å². The summed E-state index contributed by atoms with van der Waals surface area (Å²) in [5, 5.41) is 18.2. The lowest BCUT2D eigenvalue weighted by molar-refractivity contribution is -0.161. The van der Waals surface area contributed by atoms with Crippen LogP contribution >= 0.6 is 7.82 Å². The predicted molar refractivity (Wildman–Crippen MR) is 187 cm³/mol. The molecule has 0 amide bonds. The monoisotopic (exact) mass is 690 g/mol. The molecule has 10 nitrogen and oxygen atoms in total. The van der Waals surface area contributed by atoms with Crippen LogP contribution in [0.4, 0.5) is 0 Å². The van der Waals surface area contributed by atoms with E-state index in [9.17, 15) is 24.2 Å². The van der Waals surface area contributed by atoms with Crippen LogP contribution < -0.4 is 0 Å². The number of phosphoric acid groups is 1. The van der Waals surface area contributed by atoms with Crippen molar-refractivity contribution < 1.29 is 47.8 Å². The SMILES string of the molecule is CCCCC/C=C\C/C=C\CCCCCCCC(=O)OC(COC(=O)CCCCCCCCCCC)COP(=O)(O)OCC(O)CO. The summed E-state index contributed by atoms with van der Waals surface area (Å²) in [7, 11) is -4.61. The smallest absolute Gasteiger partial charge is 0.462 e. The second-order valence-corrected chi connectivity index (χ2v) is 13.7. The first-order valence-electron chi connectivity index (χ1n) is 18.3. The molecule has 0 saturated carbocycles. The van der Waals surface area contributed by atoms with Crippen molar-refractivity contribution >= 4 is 19.8 Å². The zero-order chi connectivity index (χ0) is 34.9. The second-order valence-electron chi connectivity index (χ2n) is 12.3. The normalized spacial score (nSPS) is 14.4. The van der Waals surface area contributed by atoms with Gasteiger partial charge >= 0.3 is 19.8 Å². The van der Waals surface area contributed by atoms with E-state index in [4.69, 9.17) is 19.1 Å². The maximum atomic E-state index is 12.5. The second kappa shape index (κ2) is 33.0. The molecule has 0 rings (SSSR count). The Morgan fingerprint density at radius 3 is 1.68 bits per heavy atom. The molecular weight excluding hydrogens is 623 g/mol. The number of phosphoric ester groups is 1. The van der Waals surface area contributed by atoms with Crippen LogP contribution in [-0.2, 0) is 32.7 Å². The minimum atomic E-state index is -4.61. The molecule has 0 aliphatic carbocycles. The van der Waals surface area contributed by atoms with E-state index in [0.29, 0.717) is 12.8 Å². The average Bonchev–Trinajstić information content (AvgIpc) is 3.05. The lowest BCUT2D eigenvalue weighted by atomic mass is 10.1. The van der Waals surface area contributed by atoms with Crippen molar-refractivity contribution in [1.82, 2.24) is 0 Å². The Balaban J connectivity index is 4.40. The Bertz CT molecular complexity index is 848. The van der Waals surface area contributed by atoms with E-state index in [-0.39, 0.29) is 19.4 Å². The molecule has 3 unspecified atom stereocenters. The number of aliphatic hydroxyl groups is 2. The fraction of sp³-hybridized carbons (Fsp3) is 0.833. The molecular formula is C36H67O10P. The molecule has 0 saturated heterocycles. The zero-order valence-corrected chi connectivity index (χ0v) is 30.4. The predicted octanol–water partition coefficient (Wildman–Crippen LogP) is 8.66. The molecule has 47 heavy (non-hydrogen) atoms. The van der Waals surface area contributed by atoms with E-state index in [0.717, 1.165) is 64.2 Å². The molecule has 3 N–H and O–H groups in total. The quantitative estimate of drug-likeness (QED) is 0.0259. The molecule has 3 atom stereocenters. The standard InChI is InChI=1S/C36H67O10P/c1-3-5-7-9-11-13-14-15-16-17-18-20-22-24-26-28-36(40)46-34(32-45-47(41,42)44-30-33(38)29-37)31-43-35(39)27-25-23-21-19-12-10-8-6-4-2/h11,13,15-16,33-34,37-38H,3-10,12,14,17-32H2,1-2H3,(H,41,42)/b13-11-,16-15-. The number of unbranched alkanes of at least 4 members (excludes halogenated alkanes) is 16. The largest absolute Gasteiger partial charge is 0.472 e. The molecule has 0 bridgehead atoms. The van der Waals surface area contributed by atoms with Crippen LogP contribution in [0.15, 0.2) is 24.3 Å². The van der Waals surface area contributed by atoms with Gasteiger partial charge in [0.1, 0.15) is 12.7 Å². The van der Waals surface area contributed by atoms with Crippen molar-refractivity contribution in [3.8, 4) is 0 Å². The highest BCUT2D eigenvalue weighted by Crippen LogP contribution is 2.43. The van der Waals surface area contributed by atoms with Crippen LogP contribution in [0.25, 0.3) is 0 Å². The van der Waals surface area contributed by atoms with Gasteiger partial charge in [0.05, 0.1) is 19.8 Å². The van der Waals surface area contributed by atoms with Crippen molar-refractivity contribution in [2.24, 2.45) is 0 Å². The van der Waals surface area contributed by atoms with E-state index in [2.05, 4.69) is 42.7 Å². The minimum Gasteiger partial charge on any atom is -0.462 e. The van der Waals surface area contributed by atoms with Gasteiger partial charge in [0.25, 0.3) is 0 Å². The van der Waals surface area contributed by atoms with Crippen LogP contribution in [0.5, 0.6) is 0 Å². The third-order valence-corrected chi connectivity index (χ3v) is 8.56. The van der Waals surface area contributed by atoms with E-state index in [1.54, 1.807) is 0 Å². The maximum Gasteiger partial charge on any atom is 0.472 e. The summed E-state index contributed by atoms with van der Waals surface area (Å²) in [4.78, 5) is 34.7. The van der Waals surface area contributed by atoms with Gasteiger partial charge in [-0.3, -0.25) is 18.6 Å². The van der Waals surface area contributed by atoms with Crippen LogP contribution in [0.2, 0.25) is 0 Å². The van der Waals surface area contributed by atoms with Gasteiger partial charge in [0, 0.05) is 12.8 Å². The number of aliphatic hydroxyl groups excluding tert-OH is 2. The first-order valence-corrected chi connectivity index (χ1v) is 19.8. The zero-order valence-electron chi connectivity index (χ0n) is 29.5. The fourth-order valence-electron chi connectivity index (χ4n) is 4.73. The lowest BCUT2D eigenvalue weighted by Crippen LogP contribution is -2.29. The molecule has 0 fully saturated rings. The number of esters is 2. The van der Waals surface area contributed by atoms with Crippen molar-refractivity contribution in [2.45, 2.75) is 167 Å². The Kier molecular flexibility index (Phi) is 31.9. The van der Waals surface area contributed by atoms with E-state index in [1.165, 1.54) is 51.4 Å². The van der Waals surface area contributed by atoms with Crippen LogP contribution in [0, 0.1) is 0 Å². The molecule has 0 spiro atoms. The van der Waals surface area contributed by atoms with Gasteiger partial charge in [0.15, 0.2) is 6.10 Å². The molecule has 0 aromatic rings. The number of rotatable bonds is 34. The van der Waals surface area contributed by atoms with Crippen molar-refractivity contribution in [1.29, 1.82) is 0 Å². The average molecular weight is 691 g/mol. The first kappa shape index (κ1) is 45.5. The molecule has 0 aliphatic rings. The summed E-state index contributed by atoms with van der Waals surface area (Å²) >= 11 is 0. The van der Waals surface area contributed by atoms with Crippen molar-refractivity contribution in [3.63, 3.8) is 0 Å². The number of hydrogen-bond acceptors (Lipinski definition) is 9. The van der Waals surface area contributed by atoms with Gasteiger partial charge in [-0.25, -0.2) is 4.57 Å². The molecule has 0 aliphatic heterocycles. The highest BCUT2D eigenvalue weighted by molar-refractivity contribution is 7.47. The summed E-state index contributed by atoms with van der Waals surface area (Å²) in [6.45, 7) is 2.29. The summed E-state index contributed by atoms with van der Waals surface area (Å²) in [5.74, 6) is -0.944. The number of allylic oxidation sites excluding steroid dienone is 4. The minimum absolute atomic E-state index is 0.170. The van der Waals surface area contributed by atoms with E-state index < -0.39 is 51.8 Å². The number of ether oxygens (including phenoxy) is 2. The van der Waals surface area contributed by atoms with Crippen LogP contribution in [0.3, 0.4) is 0 Å². The summed E-state index contributed by atoms with van der Waals surface area (Å²) in [6.07, 6.45) is 28.7. The van der Waals surface area contributed by atoms with Crippen LogP contribution in [-0.4, -0.2) is 65.7 Å². The molecule has 0 aromatic heterocycles.